The number of ether oxygens (including phenoxy) is 3. The van der Waals surface area contributed by atoms with Crippen molar-refractivity contribution in [1.82, 2.24) is 15.5 Å². The molecule has 0 unspecified atom stereocenters. The number of carbonyl (C=O) groups excluding carboxylic acids is 1. The quantitative estimate of drug-likeness (QED) is 0.382. The number of amides is 1. The summed E-state index contributed by atoms with van der Waals surface area (Å²) in [6.45, 7) is 0. The van der Waals surface area contributed by atoms with Gasteiger partial charge in [-0.3, -0.25) is 4.79 Å². The molecular weight excluding hydrogens is 458 g/mol. The lowest BCUT2D eigenvalue weighted by Crippen LogP contribution is -2.29. The molecule has 0 radical (unpaired) electrons. The van der Waals surface area contributed by atoms with Crippen LogP contribution in [0.15, 0.2) is 71.1 Å². The Morgan fingerprint density at radius 3 is 2.15 bits per heavy atom. The lowest BCUT2D eigenvalue weighted by molar-refractivity contribution is 0.0937. The van der Waals surface area contributed by atoms with E-state index in [2.05, 4.69) is 15.5 Å². The summed E-state index contributed by atoms with van der Waals surface area (Å²) < 4.78 is 22.0. The molecule has 0 bridgehead atoms. The molecule has 0 spiro atoms. The molecule has 0 fully saturated rings. The molecule has 3 aromatic carbocycles. The van der Waals surface area contributed by atoms with E-state index in [4.69, 9.17) is 30.2 Å². The monoisotopic (exact) mass is 479 g/mol. The van der Waals surface area contributed by atoms with Crippen LogP contribution in [0.4, 0.5) is 0 Å². The van der Waals surface area contributed by atoms with Gasteiger partial charge in [-0.05, 0) is 42.0 Å². The minimum absolute atomic E-state index is 0.224. The second-order valence-corrected chi connectivity index (χ2v) is 7.62. The highest BCUT2D eigenvalue weighted by Crippen LogP contribution is 2.38. The standard InChI is InChI=1S/C25H22ClN3O5/c1-31-19-13-17(14-20(32-2)22(19)33-3)23(30)27-21(15-9-11-18(26)12-10-15)25-29-28-24(34-25)16-7-5-4-6-8-16/h4-14,21H,1-3H3,(H,27,30)/t21-/m0/s1. The molecule has 1 heterocycles. The Morgan fingerprint density at radius 1 is 0.912 bits per heavy atom. The van der Waals surface area contributed by atoms with E-state index in [9.17, 15) is 4.79 Å². The second-order valence-electron chi connectivity index (χ2n) is 7.18. The Bertz CT molecular complexity index is 1250. The van der Waals surface area contributed by atoms with E-state index in [1.54, 1.807) is 36.4 Å². The maximum absolute atomic E-state index is 13.3. The first-order chi connectivity index (χ1) is 16.5. The summed E-state index contributed by atoms with van der Waals surface area (Å²) in [5.41, 5.74) is 1.79. The number of hydrogen-bond donors (Lipinski definition) is 1. The first kappa shape index (κ1) is 23.1. The number of benzene rings is 3. The van der Waals surface area contributed by atoms with Gasteiger partial charge in [-0.2, -0.15) is 0 Å². The number of hydrogen-bond acceptors (Lipinski definition) is 7. The minimum Gasteiger partial charge on any atom is -0.493 e. The molecule has 4 rings (SSSR count). The van der Waals surface area contributed by atoms with Gasteiger partial charge in [0.05, 0.1) is 21.3 Å². The Morgan fingerprint density at radius 2 is 1.56 bits per heavy atom. The molecular formula is C25H22ClN3O5. The lowest BCUT2D eigenvalue weighted by atomic mass is 10.1. The average Bonchev–Trinajstić information content (AvgIpc) is 3.37. The fourth-order valence-corrected chi connectivity index (χ4v) is 3.54. The first-order valence-electron chi connectivity index (χ1n) is 10.3. The lowest BCUT2D eigenvalue weighted by Gasteiger charge is -2.18. The van der Waals surface area contributed by atoms with Crippen LogP contribution in [0.25, 0.3) is 11.5 Å². The maximum atomic E-state index is 13.3. The molecule has 34 heavy (non-hydrogen) atoms. The molecule has 0 saturated heterocycles. The summed E-state index contributed by atoms with van der Waals surface area (Å²) in [7, 11) is 4.47. The van der Waals surface area contributed by atoms with Crippen molar-refractivity contribution >= 4 is 17.5 Å². The van der Waals surface area contributed by atoms with E-state index in [0.717, 1.165) is 5.56 Å². The molecule has 0 aliphatic rings. The van der Waals surface area contributed by atoms with Crippen molar-refractivity contribution in [3.8, 4) is 28.7 Å². The van der Waals surface area contributed by atoms with Crippen molar-refractivity contribution in [2.45, 2.75) is 6.04 Å². The highest BCUT2D eigenvalue weighted by Gasteiger charge is 2.25. The number of methoxy groups -OCH3 is 3. The molecule has 4 aromatic rings. The van der Waals surface area contributed by atoms with Gasteiger partial charge in [-0.15, -0.1) is 10.2 Å². The van der Waals surface area contributed by atoms with Gasteiger partial charge in [-0.25, -0.2) is 0 Å². The summed E-state index contributed by atoms with van der Waals surface area (Å²) >= 11 is 6.07. The van der Waals surface area contributed by atoms with Crippen LogP contribution in [-0.2, 0) is 0 Å². The van der Waals surface area contributed by atoms with Crippen LogP contribution in [0.5, 0.6) is 17.2 Å². The molecule has 0 saturated carbocycles. The van der Waals surface area contributed by atoms with E-state index in [1.807, 2.05) is 30.3 Å². The number of nitrogens with one attached hydrogen (secondary N) is 1. The van der Waals surface area contributed by atoms with Crippen LogP contribution in [0, 0.1) is 0 Å². The average molecular weight is 480 g/mol. The Hall–Kier alpha value is -4.04. The van der Waals surface area contributed by atoms with E-state index in [-0.39, 0.29) is 5.89 Å². The predicted molar refractivity (Wildman–Crippen MR) is 127 cm³/mol. The summed E-state index contributed by atoms with van der Waals surface area (Å²) in [5, 5.41) is 11.9. The predicted octanol–water partition coefficient (Wildman–Crippen LogP) is 4.94. The fourth-order valence-electron chi connectivity index (χ4n) is 3.42. The maximum Gasteiger partial charge on any atom is 0.252 e. The SMILES string of the molecule is COc1cc(C(=O)N[C@@H](c2ccc(Cl)cc2)c2nnc(-c3ccccc3)o2)cc(OC)c1OC. The van der Waals surface area contributed by atoms with Gasteiger partial charge < -0.3 is 23.9 Å². The minimum atomic E-state index is -0.728. The molecule has 174 valence electrons. The largest absolute Gasteiger partial charge is 0.493 e. The van der Waals surface area contributed by atoms with Gasteiger partial charge in [0.25, 0.3) is 5.91 Å². The molecule has 8 nitrogen and oxygen atoms in total. The molecule has 0 aliphatic carbocycles. The third-order valence-corrected chi connectivity index (χ3v) is 5.37. The first-order valence-corrected chi connectivity index (χ1v) is 10.7. The van der Waals surface area contributed by atoms with Crippen molar-refractivity contribution in [3.63, 3.8) is 0 Å². The zero-order valence-electron chi connectivity index (χ0n) is 18.7. The molecule has 0 aliphatic heterocycles. The van der Waals surface area contributed by atoms with E-state index >= 15 is 0 Å². The number of rotatable bonds is 8. The summed E-state index contributed by atoms with van der Waals surface area (Å²) in [5.74, 6) is 1.27. The van der Waals surface area contributed by atoms with Crippen LogP contribution < -0.4 is 19.5 Å². The topological polar surface area (TPSA) is 95.7 Å². The van der Waals surface area contributed by atoms with Crippen LogP contribution in [0.1, 0.15) is 27.9 Å². The van der Waals surface area contributed by atoms with Crippen LogP contribution >= 0.6 is 11.6 Å². The van der Waals surface area contributed by atoms with Gasteiger partial charge in [0.1, 0.15) is 6.04 Å². The molecule has 1 amide bonds. The van der Waals surface area contributed by atoms with Gasteiger partial charge in [0.15, 0.2) is 11.5 Å². The third kappa shape index (κ3) is 4.82. The van der Waals surface area contributed by atoms with Gasteiger partial charge in [-0.1, -0.05) is 41.9 Å². The number of carbonyl (C=O) groups is 1. The van der Waals surface area contributed by atoms with Crippen LogP contribution in [0.2, 0.25) is 5.02 Å². The zero-order chi connectivity index (χ0) is 24.1. The van der Waals surface area contributed by atoms with Crippen molar-refractivity contribution in [2.75, 3.05) is 21.3 Å². The van der Waals surface area contributed by atoms with E-state index in [0.29, 0.717) is 39.3 Å². The summed E-state index contributed by atoms with van der Waals surface area (Å²) in [6.07, 6.45) is 0. The van der Waals surface area contributed by atoms with Crippen molar-refractivity contribution in [2.24, 2.45) is 0 Å². The molecule has 1 N–H and O–H groups in total. The molecule has 1 atom stereocenters. The fraction of sp³-hybridized carbons (Fsp3) is 0.160. The Kier molecular flexibility index (Phi) is 6.98. The van der Waals surface area contributed by atoms with Crippen LogP contribution in [-0.4, -0.2) is 37.4 Å². The number of aromatic nitrogens is 2. The normalized spacial score (nSPS) is 11.5. The smallest absolute Gasteiger partial charge is 0.252 e. The summed E-state index contributed by atoms with van der Waals surface area (Å²) in [4.78, 5) is 13.3. The van der Waals surface area contributed by atoms with Crippen molar-refractivity contribution in [1.29, 1.82) is 0 Å². The molecule has 1 aromatic heterocycles. The zero-order valence-corrected chi connectivity index (χ0v) is 19.5. The Labute approximate surface area is 201 Å². The highest BCUT2D eigenvalue weighted by molar-refractivity contribution is 6.30. The van der Waals surface area contributed by atoms with Crippen LogP contribution in [0.3, 0.4) is 0 Å². The highest BCUT2D eigenvalue weighted by atomic mass is 35.5. The Balaban J connectivity index is 1.70. The van der Waals surface area contributed by atoms with Crippen molar-refractivity contribution in [3.05, 3.63) is 88.8 Å². The van der Waals surface area contributed by atoms with E-state index < -0.39 is 11.9 Å². The number of nitrogens with zero attached hydrogens (tertiary/aromatic N) is 2. The third-order valence-electron chi connectivity index (χ3n) is 5.11. The van der Waals surface area contributed by atoms with E-state index in [1.165, 1.54) is 21.3 Å². The van der Waals surface area contributed by atoms with Gasteiger partial charge in [0.2, 0.25) is 17.5 Å². The van der Waals surface area contributed by atoms with Gasteiger partial charge >= 0.3 is 0 Å². The molecule has 9 heteroatoms. The summed E-state index contributed by atoms with van der Waals surface area (Å²) in [6, 6.07) is 18.8. The number of halogens is 1. The second kappa shape index (κ2) is 10.3. The van der Waals surface area contributed by atoms with Crippen molar-refractivity contribution < 1.29 is 23.4 Å². The van der Waals surface area contributed by atoms with Gasteiger partial charge in [0, 0.05) is 16.1 Å².